The Morgan fingerprint density at radius 2 is 2.04 bits per heavy atom. The maximum atomic E-state index is 12.4. The summed E-state index contributed by atoms with van der Waals surface area (Å²) in [5.41, 5.74) is 1.11. The number of carbonyl (C=O) groups is 1. The Kier molecular flexibility index (Phi) is 4.64. The van der Waals surface area contributed by atoms with E-state index >= 15 is 0 Å². The van der Waals surface area contributed by atoms with E-state index in [0.717, 1.165) is 37.4 Å². The van der Waals surface area contributed by atoms with E-state index in [1.165, 1.54) is 6.33 Å². The number of hydrogen-bond acceptors (Lipinski definition) is 5. The molecule has 1 fully saturated rings. The van der Waals surface area contributed by atoms with Crippen LogP contribution in [0.5, 0.6) is 0 Å². The Hall–Kier alpha value is -2.64. The van der Waals surface area contributed by atoms with Gasteiger partial charge in [-0.3, -0.25) is 10.00 Å². The van der Waals surface area contributed by atoms with Crippen LogP contribution in [0, 0.1) is 0 Å². The molecule has 0 saturated carbocycles. The molecule has 1 saturated heterocycles. The van der Waals surface area contributed by atoms with E-state index in [1.54, 1.807) is 6.07 Å². The zero-order valence-corrected chi connectivity index (χ0v) is 14.3. The fraction of sp³-hybridized carbons (Fsp3) is 0.500. The summed E-state index contributed by atoms with van der Waals surface area (Å²) in [5, 5.41) is 7.33. The number of likely N-dealkylation sites (tertiary alicyclic amines) is 1. The van der Waals surface area contributed by atoms with Gasteiger partial charge in [-0.15, -0.1) is 0 Å². The summed E-state index contributed by atoms with van der Waals surface area (Å²) < 4.78 is 1.83. The molecule has 0 aromatic carbocycles. The zero-order valence-electron chi connectivity index (χ0n) is 14.3. The highest BCUT2D eigenvalue weighted by molar-refractivity contribution is 5.88. The lowest BCUT2D eigenvalue weighted by molar-refractivity contribution is 0.194. The highest BCUT2D eigenvalue weighted by atomic mass is 16.2. The monoisotopic (exact) mass is 329 g/mol. The summed E-state index contributed by atoms with van der Waals surface area (Å²) in [4.78, 5) is 24.4. The van der Waals surface area contributed by atoms with E-state index in [4.69, 9.17) is 0 Å². The fourth-order valence-corrected chi connectivity index (χ4v) is 2.88. The van der Waals surface area contributed by atoms with Crippen molar-refractivity contribution in [2.45, 2.75) is 18.8 Å². The van der Waals surface area contributed by atoms with Crippen LogP contribution in [0.15, 0.2) is 24.7 Å². The van der Waals surface area contributed by atoms with Gasteiger partial charge in [0, 0.05) is 52.4 Å². The molecule has 1 aliphatic rings. The fourth-order valence-electron chi connectivity index (χ4n) is 2.88. The average Bonchev–Trinajstić information content (AvgIpc) is 3.01. The van der Waals surface area contributed by atoms with E-state index in [2.05, 4.69) is 26.4 Å². The zero-order chi connectivity index (χ0) is 17.1. The van der Waals surface area contributed by atoms with Crippen LogP contribution in [0.25, 0.3) is 0 Å². The molecule has 0 bridgehead atoms. The van der Waals surface area contributed by atoms with Gasteiger partial charge in [-0.2, -0.15) is 5.10 Å². The minimum absolute atomic E-state index is 0.113. The van der Waals surface area contributed by atoms with Crippen molar-refractivity contribution in [3.8, 4) is 0 Å². The molecular weight excluding hydrogens is 306 g/mol. The minimum Gasteiger partial charge on any atom is -0.363 e. The quantitative estimate of drug-likeness (QED) is 0.927. The van der Waals surface area contributed by atoms with E-state index in [1.807, 2.05) is 41.8 Å². The number of amides is 2. The van der Waals surface area contributed by atoms with Crippen LogP contribution in [0.1, 0.15) is 24.5 Å². The predicted molar refractivity (Wildman–Crippen MR) is 92.1 cm³/mol. The summed E-state index contributed by atoms with van der Waals surface area (Å²) in [6.07, 6.45) is 5.28. The van der Waals surface area contributed by atoms with Gasteiger partial charge in [0.25, 0.3) is 0 Å². The van der Waals surface area contributed by atoms with Crippen LogP contribution in [-0.2, 0) is 7.05 Å². The number of aromatic nitrogens is 4. The van der Waals surface area contributed by atoms with Crippen molar-refractivity contribution in [3.63, 3.8) is 0 Å². The van der Waals surface area contributed by atoms with Gasteiger partial charge >= 0.3 is 6.03 Å². The highest BCUT2D eigenvalue weighted by Crippen LogP contribution is 2.26. The molecule has 0 unspecified atom stereocenters. The molecule has 0 aliphatic carbocycles. The Morgan fingerprint density at radius 1 is 1.29 bits per heavy atom. The van der Waals surface area contributed by atoms with E-state index in [0.29, 0.717) is 11.7 Å². The van der Waals surface area contributed by atoms with Gasteiger partial charge < -0.3 is 9.80 Å². The maximum absolute atomic E-state index is 12.4. The Bertz CT molecular complexity index is 704. The number of hydrogen-bond donors (Lipinski definition) is 1. The molecule has 24 heavy (non-hydrogen) atoms. The van der Waals surface area contributed by atoms with E-state index in [9.17, 15) is 4.79 Å². The third-order valence-corrected chi connectivity index (χ3v) is 4.28. The van der Waals surface area contributed by atoms with Crippen LogP contribution in [0.3, 0.4) is 0 Å². The largest absolute Gasteiger partial charge is 0.363 e. The number of rotatable bonds is 3. The van der Waals surface area contributed by atoms with Crippen molar-refractivity contribution in [2.75, 3.05) is 37.4 Å². The third kappa shape index (κ3) is 3.64. The van der Waals surface area contributed by atoms with Gasteiger partial charge in [0.2, 0.25) is 0 Å². The maximum Gasteiger partial charge on any atom is 0.323 e. The lowest BCUT2D eigenvalue weighted by Gasteiger charge is -2.31. The number of carbonyl (C=O) groups excluding carboxylic acids is 1. The number of nitrogens with zero attached hydrogens (tertiary/aromatic N) is 6. The molecule has 8 nitrogen and oxygen atoms in total. The second-order valence-electron chi connectivity index (χ2n) is 6.26. The summed E-state index contributed by atoms with van der Waals surface area (Å²) in [5.74, 6) is 1.70. The first-order valence-electron chi connectivity index (χ1n) is 8.08. The normalized spacial score (nSPS) is 15.4. The van der Waals surface area contributed by atoms with Gasteiger partial charge in [-0.25, -0.2) is 14.8 Å². The predicted octanol–water partition coefficient (Wildman–Crippen LogP) is 1.69. The SMILES string of the molecule is CN(C)c1cc(NC(=O)N2CCC(c3ccn(C)n3)CC2)ncn1. The molecule has 2 aromatic heterocycles. The number of anilines is 2. The van der Waals surface area contributed by atoms with Crippen LogP contribution >= 0.6 is 0 Å². The first-order valence-corrected chi connectivity index (χ1v) is 8.08. The van der Waals surface area contributed by atoms with Gasteiger partial charge in [-0.1, -0.05) is 0 Å². The number of aryl methyl sites for hydroxylation is 1. The van der Waals surface area contributed by atoms with E-state index in [-0.39, 0.29) is 6.03 Å². The second-order valence-corrected chi connectivity index (χ2v) is 6.26. The average molecular weight is 329 g/mol. The lowest BCUT2D eigenvalue weighted by atomic mass is 9.94. The van der Waals surface area contributed by atoms with Crippen molar-refractivity contribution in [1.82, 2.24) is 24.6 Å². The third-order valence-electron chi connectivity index (χ3n) is 4.28. The molecule has 1 N–H and O–H groups in total. The molecule has 2 aromatic rings. The minimum atomic E-state index is -0.113. The summed E-state index contributed by atoms with van der Waals surface area (Å²) >= 11 is 0. The molecule has 8 heteroatoms. The van der Waals surface area contributed by atoms with Crippen molar-refractivity contribution in [2.24, 2.45) is 7.05 Å². The van der Waals surface area contributed by atoms with Crippen LogP contribution < -0.4 is 10.2 Å². The van der Waals surface area contributed by atoms with Gasteiger partial charge in [-0.05, 0) is 18.9 Å². The molecule has 0 radical (unpaired) electrons. The summed E-state index contributed by atoms with van der Waals surface area (Å²) in [7, 11) is 5.72. The van der Waals surface area contributed by atoms with Crippen molar-refractivity contribution < 1.29 is 4.79 Å². The molecule has 128 valence electrons. The topological polar surface area (TPSA) is 79.2 Å². The summed E-state index contributed by atoms with van der Waals surface area (Å²) in [6.45, 7) is 1.44. The van der Waals surface area contributed by atoms with Gasteiger partial charge in [0.05, 0.1) is 5.69 Å². The molecule has 3 rings (SSSR count). The van der Waals surface area contributed by atoms with Crippen LogP contribution in [0.2, 0.25) is 0 Å². The lowest BCUT2D eigenvalue weighted by Crippen LogP contribution is -2.40. The van der Waals surface area contributed by atoms with Crippen molar-refractivity contribution in [1.29, 1.82) is 0 Å². The first-order chi connectivity index (χ1) is 11.5. The molecule has 3 heterocycles. The Morgan fingerprint density at radius 3 is 2.67 bits per heavy atom. The number of urea groups is 1. The molecule has 2 amide bonds. The van der Waals surface area contributed by atoms with Crippen LogP contribution in [0.4, 0.5) is 16.4 Å². The van der Waals surface area contributed by atoms with Gasteiger partial charge in [0.1, 0.15) is 18.0 Å². The molecular formula is C16H23N7O. The van der Waals surface area contributed by atoms with Crippen molar-refractivity contribution in [3.05, 3.63) is 30.4 Å². The molecule has 0 atom stereocenters. The molecule has 1 aliphatic heterocycles. The van der Waals surface area contributed by atoms with Crippen molar-refractivity contribution >= 4 is 17.7 Å². The van der Waals surface area contributed by atoms with Crippen LogP contribution in [-0.4, -0.2) is 57.9 Å². The van der Waals surface area contributed by atoms with Gasteiger partial charge in [0.15, 0.2) is 0 Å². The standard InChI is InChI=1S/C16H23N7O/c1-21(2)15-10-14(17-11-18-15)19-16(24)23-8-4-12(5-9-23)13-6-7-22(3)20-13/h6-7,10-12H,4-5,8-9H2,1-3H3,(H,17,18,19,24). The number of piperidine rings is 1. The number of nitrogens with one attached hydrogen (secondary N) is 1. The smallest absolute Gasteiger partial charge is 0.323 e. The first kappa shape index (κ1) is 16.2. The second kappa shape index (κ2) is 6.86. The molecule has 0 spiro atoms. The van der Waals surface area contributed by atoms with E-state index < -0.39 is 0 Å². The Labute approximate surface area is 141 Å². The highest BCUT2D eigenvalue weighted by Gasteiger charge is 2.25. The summed E-state index contributed by atoms with van der Waals surface area (Å²) in [6, 6.07) is 3.71. The Balaban J connectivity index is 1.56.